The largest absolute Gasteiger partial charge is 0.490 e. The lowest BCUT2D eigenvalue weighted by Crippen LogP contribution is -2.32. The van der Waals surface area contributed by atoms with Gasteiger partial charge < -0.3 is 19.8 Å². The third-order valence-corrected chi connectivity index (χ3v) is 6.76. The minimum Gasteiger partial charge on any atom is -0.490 e. The molecule has 0 bridgehead atoms. The Morgan fingerprint density at radius 3 is 2.52 bits per heavy atom. The molecule has 3 aromatic rings. The number of carbonyl (C=O) groups is 1. The topological polar surface area (TPSA) is 63.3 Å². The van der Waals surface area contributed by atoms with Gasteiger partial charge in [0.15, 0.2) is 0 Å². The van der Waals surface area contributed by atoms with Crippen molar-refractivity contribution in [2.24, 2.45) is 5.41 Å². The molecular weight excluding hydrogens is 433 g/mol. The van der Waals surface area contributed by atoms with E-state index in [-0.39, 0.29) is 17.9 Å². The smallest absolute Gasteiger partial charge is 0.416 e. The summed E-state index contributed by atoms with van der Waals surface area (Å²) in [6.07, 6.45) is 0.611. The summed E-state index contributed by atoms with van der Waals surface area (Å²) in [5.74, 6) is 0.861. The minimum atomic E-state index is -4.32. The van der Waals surface area contributed by atoms with Crippen LogP contribution in [0.4, 0.5) is 18.9 Å². The Morgan fingerprint density at radius 2 is 1.88 bits per heavy atom. The number of anilines is 1. The molecule has 33 heavy (non-hydrogen) atoms. The van der Waals surface area contributed by atoms with Crippen LogP contribution in [-0.2, 0) is 15.7 Å². The maximum atomic E-state index is 12.8. The van der Waals surface area contributed by atoms with Crippen LogP contribution in [0, 0.1) is 5.41 Å². The van der Waals surface area contributed by atoms with Crippen LogP contribution in [0.5, 0.6) is 5.75 Å². The van der Waals surface area contributed by atoms with Crippen LogP contribution in [0.1, 0.15) is 42.7 Å². The number of ether oxygens (including phenoxy) is 2. The first-order valence-electron chi connectivity index (χ1n) is 11.0. The number of aromatic amines is 1. The van der Waals surface area contributed by atoms with E-state index in [9.17, 15) is 18.0 Å². The maximum Gasteiger partial charge on any atom is 0.416 e. The molecule has 2 aliphatic carbocycles. The van der Waals surface area contributed by atoms with Crippen LogP contribution in [-0.4, -0.2) is 30.7 Å². The van der Waals surface area contributed by atoms with E-state index in [0.29, 0.717) is 18.0 Å². The zero-order valence-corrected chi connectivity index (χ0v) is 18.2. The molecule has 1 aromatic heterocycles. The number of halogens is 3. The number of hydrogen-bond donors (Lipinski definition) is 2. The molecule has 0 aliphatic heterocycles. The van der Waals surface area contributed by atoms with Crippen LogP contribution in [0.15, 0.2) is 48.7 Å². The highest BCUT2D eigenvalue weighted by Crippen LogP contribution is 2.47. The predicted octanol–water partition coefficient (Wildman–Crippen LogP) is 5.88. The molecule has 2 fully saturated rings. The zero-order valence-electron chi connectivity index (χ0n) is 18.2. The molecule has 0 saturated heterocycles. The first-order chi connectivity index (χ1) is 15.8. The van der Waals surface area contributed by atoms with E-state index >= 15 is 0 Å². The maximum absolute atomic E-state index is 12.8. The summed E-state index contributed by atoms with van der Waals surface area (Å²) >= 11 is 0. The second-order valence-corrected chi connectivity index (χ2v) is 9.11. The van der Waals surface area contributed by atoms with Gasteiger partial charge in [-0.3, -0.25) is 4.79 Å². The highest BCUT2D eigenvalue weighted by molar-refractivity contribution is 6.04. The SMILES string of the molecule is COCC1(C(=O)Nc2c[nH]c3ccc(OC4CC(c5ccc(C(F)(F)F)cc5)C4)cc23)CC1. The van der Waals surface area contributed by atoms with Crippen molar-refractivity contribution in [3.63, 3.8) is 0 Å². The van der Waals surface area contributed by atoms with Crippen LogP contribution in [0.25, 0.3) is 10.9 Å². The van der Waals surface area contributed by atoms with E-state index in [1.54, 1.807) is 25.4 Å². The molecule has 2 aliphatic rings. The molecule has 8 heteroatoms. The van der Waals surface area contributed by atoms with Gasteiger partial charge in [0.1, 0.15) is 5.75 Å². The van der Waals surface area contributed by atoms with E-state index in [4.69, 9.17) is 9.47 Å². The summed E-state index contributed by atoms with van der Waals surface area (Å²) in [5, 5.41) is 3.89. The van der Waals surface area contributed by atoms with Gasteiger partial charge in [-0.15, -0.1) is 0 Å². The lowest BCUT2D eigenvalue weighted by atomic mass is 9.77. The van der Waals surface area contributed by atoms with Crippen molar-refractivity contribution in [1.29, 1.82) is 0 Å². The van der Waals surface area contributed by atoms with Crippen molar-refractivity contribution >= 4 is 22.5 Å². The third-order valence-electron chi connectivity index (χ3n) is 6.76. The van der Waals surface area contributed by atoms with E-state index in [0.717, 1.165) is 54.3 Å². The number of nitrogens with one attached hydrogen (secondary N) is 2. The fourth-order valence-electron chi connectivity index (χ4n) is 4.47. The van der Waals surface area contributed by atoms with E-state index in [1.807, 2.05) is 18.2 Å². The first kappa shape index (κ1) is 21.8. The van der Waals surface area contributed by atoms with E-state index < -0.39 is 17.2 Å². The Morgan fingerprint density at radius 1 is 1.15 bits per heavy atom. The van der Waals surface area contributed by atoms with Crippen LogP contribution < -0.4 is 10.1 Å². The Bertz CT molecular complexity index is 1160. The summed E-state index contributed by atoms with van der Waals surface area (Å²) in [7, 11) is 1.60. The van der Waals surface area contributed by atoms with Gasteiger partial charge >= 0.3 is 6.18 Å². The first-order valence-corrected chi connectivity index (χ1v) is 11.0. The standard InChI is InChI=1S/C25H25F3N2O3/c1-32-14-24(8-9-24)23(31)30-22-13-29-21-7-6-18(12-20(21)22)33-19-10-16(11-19)15-2-4-17(5-3-15)25(26,27)28/h2-7,12-13,16,19,29H,8-11,14H2,1H3,(H,30,31). The summed E-state index contributed by atoms with van der Waals surface area (Å²) in [6.45, 7) is 0.414. The zero-order chi connectivity index (χ0) is 23.2. The fourth-order valence-corrected chi connectivity index (χ4v) is 4.47. The fraction of sp³-hybridized carbons (Fsp3) is 0.400. The molecule has 5 nitrogen and oxygen atoms in total. The van der Waals surface area contributed by atoms with Crippen molar-refractivity contribution in [3.8, 4) is 5.75 Å². The number of methoxy groups -OCH3 is 1. The molecule has 5 rings (SSSR count). The van der Waals surface area contributed by atoms with Gasteiger partial charge in [-0.1, -0.05) is 12.1 Å². The molecule has 0 unspecified atom stereocenters. The number of amides is 1. The molecule has 2 N–H and O–H groups in total. The Hall–Kier alpha value is -3.00. The average molecular weight is 458 g/mol. The van der Waals surface area contributed by atoms with Gasteiger partial charge in [0, 0.05) is 24.2 Å². The van der Waals surface area contributed by atoms with Gasteiger partial charge in [-0.2, -0.15) is 13.2 Å². The summed E-state index contributed by atoms with van der Waals surface area (Å²) in [5.41, 5.74) is 1.45. The molecule has 1 amide bonds. The molecule has 2 aromatic carbocycles. The van der Waals surface area contributed by atoms with Crippen LogP contribution >= 0.6 is 0 Å². The monoisotopic (exact) mass is 458 g/mol. The summed E-state index contributed by atoms with van der Waals surface area (Å²) in [6, 6.07) is 11.1. The normalized spacial score (nSPS) is 21.5. The van der Waals surface area contributed by atoms with E-state index in [1.165, 1.54) is 0 Å². The summed E-state index contributed by atoms with van der Waals surface area (Å²) in [4.78, 5) is 15.9. The number of H-pyrrole nitrogens is 1. The quantitative estimate of drug-likeness (QED) is 0.465. The number of aromatic nitrogens is 1. The molecule has 0 atom stereocenters. The predicted molar refractivity (Wildman–Crippen MR) is 118 cm³/mol. The molecule has 1 heterocycles. The van der Waals surface area contributed by atoms with E-state index in [2.05, 4.69) is 10.3 Å². The molecule has 2 saturated carbocycles. The number of benzene rings is 2. The summed E-state index contributed by atoms with van der Waals surface area (Å²) < 4.78 is 49.6. The van der Waals surface area contributed by atoms with Gasteiger partial charge in [-0.25, -0.2) is 0 Å². The number of alkyl halides is 3. The van der Waals surface area contributed by atoms with Gasteiger partial charge in [-0.05, 0) is 67.5 Å². The lowest BCUT2D eigenvalue weighted by molar-refractivity contribution is -0.137. The second kappa shape index (κ2) is 8.09. The molecular formula is C25H25F3N2O3. The van der Waals surface area contributed by atoms with Gasteiger partial charge in [0.25, 0.3) is 0 Å². The average Bonchev–Trinajstić information content (AvgIpc) is 3.44. The number of hydrogen-bond acceptors (Lipinski definition) is 3. The van der Waals surface area contributed by atoms with Crippen molar-refractivity contribution in [1.82, 2.24) is 4.98 Å². The number of fused-ring (bicyclic) bond motifs is 1. The highest BCUT2D eigenvalue weighted by atomic mass is 19.4. The third kappa shape index (κ3) is 4.31. The van der Waals surface area contributed by atoms with Crippen molar-refractivity contribution in [2.75, 3.05) is 19.0 Å². The lowest BCUT2D eigenvalue weighted by Gasteiger charge is -2.35. The van der Waals surface area contributed by atoms with Crippen molar-refractivity contribution < 1.29 is 27.4 Å². The van der Waals surface area contributed by atoms with Gasteiger partial charge in [0.05, 0.1) is 29.4 Å². The Balaban J connectivity index is 1.22. The van der Waals surface area contributed by atoms with Crippen LogP contribution in [0.2, 0.25) is 0 Å². The Kier molecular flexibility index (Phi) is 5.35. The minimum absolute atomic E-state index is 0.00293. The number of carbonyl (C=O) groups excluding carboxylic acids is 1. The van der Waals surface area contributed by atoms with Gasteiger partial charge in [0.2, 0.25) is 5.91 Å². The molecule has 174 valence electrons. The second-order valence-electron chi connectivity index (χ2n) is 9.11. The number of rotatable bonds is 7. The molecule has 0 radical (unpaired) electrons. The van der Waals surface area contributed by atoms with Crippen molar-refractivity contribution in [2.45, 2.75) is 43.9 Å². The highest BCUT2D eigenvalue weighted by Gasteiger charge is 2.50. The Labute approximate surface area is 189 Å². The molecule has 0 spiro atoms. The van der Waals surface area contributed by atoms with Crippen molar-refractivity contribution in [3.05, 3.63) is 59.8 Å². The van der Waals surface area contributed by atoms with Crippen LogP contribution in [0.3, 0.4) is 0 Å².